The van der Waals surface area contributed by atoms with Crippen molar-refractivity contribution in [2.45, 2.75) is 83.1 Å². The fourth-order valence-electron chi connectivity index (χ4n) is 7.15. The second-order valence-corrected chi connectivity index (χ2v) is 17.7. The number of benzene rings is 2. The minimum absolute atomic E-state index is 0.0239. The number of hydrogen-bond donors (Lipinski definition) is 0. The summed E-state index contributed by atoms with van der Waals surface area (Å²) in [5.74, 6) is 0.210. The van der Waals surface area contributed by atoms with Crippen molar-refractivity contribution < 1.29 is 14.4 Å². The first-order valence-electron chi connectivity index (χ1n) is 17.1. The monoisotopic (exact) mass is 636 g/mol. The van der Waals surface area contributed by atoms with Crippen LogP contribution in [-0.2, 0) is 9.59 Å². The van der Waals surface area contributed by atoms with E-state index < -0.39 is 0 Å². The Hall–Kier alpha value is -4.37. The zero-order valence-electron chi connectivity index (χ0n) is 30.7. The molecule has 0 amide bonds. The second-order valence-electron chi connectivity index (χ2n) is 17.7. The van der Waals surface area contributed by atoms with Gasteiger partial charge in [0.2, 0.25) is 0 Å². The first kappa shape index (κ1) is 33.5. The Kier molecular flexibility index (Phi) is 7.56. The Morgan fingerprint density at radius 3 is 0.875 bits per heavy atom. The number of Topliss-reactive ketones (excluding diaryl/α,β-unsaturated/α-hetero) is 2. The summed E-state index contributed by atoms with van der Waals surface area (Å²) in [5, 5.41) is 0. The second kappa shape index (κ2) is 10.8. The lowest BCUT2D eigenvalue weighted by molar-refractivity contribution is -0.114. The van der Waals surface area contributed by atoms with E-state index in [1.807, 2.05) is 48.5 Å². The molecule has 0 heterocycles. The summed E-state index contributed by atoms with van der Waals surface area (Å²) in [6, 6.07) is 15.7. The van der Waals surface area contributed by atoms with Gasteiger partial charge in [-0.25, -0.2) is 0 Å². The van der Waals surface area contributed by atoms with E-state index in [2.05, 4.69) is 107 Å². The van der Waals surface area contributed by atoms with Gasteiger partial charge in [0.25, 0.3) is 0 Å². The summed E-state index contributed by atoms with van der Waals surface area (Å²) in [6.45, 7) is 25.2. The van der Waals surface area contributed by atoms with Gasteiger partial charge < -0.3 is 0 Å². The van der Waals surface area contributed by atoms with Gasteiger partial charge in [-0.1, -0.05) is 132 Å². The Morgan fingerprint density at radius 2 is 0.604 bits per heavy atom. The number of allylic oxidation sites excluding steroid dienone is 13. The van der Waals surface area contributed by atoms with Gasteiger partial charge in [0, 0.05) is 33.4 Å². The fraction of sp³-hybridized carbons (Fsp3) is 0.356. The van der Waals surface area contributed by atoms with Crippen molar-refractivity contribution in [3.05, 3.63) is 145 Å². The van der Waals surface area contributed by atoms with Gasteiger partial charge in [0.05, 0.1) is 0 Å². The van der Waals surface area contributed by atoms with Crippen molar-refractivity contribution in [1.29, 1.82) is 0 Å². The predicted molar refractivity (Wildman–Crippen MR) is 197 cm³/mol. The summed E-state index contributed by atoms with van der Waals surface area (Å²) in [6.07, 6.45) is 8.35. The molecule has 1 saturated carbocycles. The van der Waals surface area contributed by atoms with Gasteiger partial charge in [-0.2, -0.15) is 0 Å². The van der Waals surface area contributed by atoms with Crippen LogP contribution in [0.25, 0.3) is 5.57 Å². The minimum Gasteiger partial charge on any atom is -0.289 e. The van der Waals surface area contributed by atoms with Crippen LogP contribution < -0.4 is 0 Å². The van der Waals surface area contributed by atoms with Gasteiger partial charge in [-0.05, 0) is 90.5 Å². The third-order valence-electron chi connectivity index (χ3n) is 9.81. The molecule has 246 valence electrons. The van der Waals surface area contributed by atoms with Crippen LogP contribution in [0.2, 0.25) is 0 Å². The van der Waals surface area contributed by atoms with Gasteiger partial charge in [-0.15, -0.1) is 0 Å². The van der Waals surface area contributed by atoms with Crippen LogP contribution in [0.5, 0.6) is 0 Å². The van der Waals surface area contributed by atoms with Crippen molar-refractivity contribution in [2.75, 3.05) is 0 Å². The van der Waals surface area contributed by atoms with Crippen molar-refractivity contribution >= 4 is 22.9 Å². The van der Waals surface area contributed by atoms with E-state index in [9.17, 15) is 14.4 Å². The third kappa shape index (κ3) is 5.51. The number of rotatable bonds is 0. The first-order valence-corrected chi connectivity index (χ1v) is 17.1. The van der Waals surface area contributed by atoms with E-state index in [1.165, 1.54) is 0 Å². The lowest BCUT2D eigenvalue weighted by Gasteiger charge is -2.31. The molecular weight excluding hydrogens is 588 g/mol. The molecule has 3 nitrogen and oxygen atoms in total. The quantitative estimate of drug-likeness (QED) is 0.247. The molecule has 0 bridgehead atoms. The molecule has 0 aliphatic heterocycles. The normalized spacial score (nSPS) is 18.8. The highest BCUT2D eigenvalue weighted by molar-refractivity contribution is 6.21. The van der Waals surface area contributed by atoms with Crippen LogP contribution in [-0.4, -0.2) is 17.3 Å². The molecule has 0 N–H and O–H groups in total. The highest BCUT2D eigenvalue weighted by atomic mass is 16.1. The predicted octanol–water partition coefficient (Wildman–Crippen LogP) is 10.7. The lowest BCUT2D eigenvalue weighted by atomic mass is 9.71. The summed E-state index contributed by atoms with van der Waals surface area (Å²) in [7, 11) is 0. The molecule has 0 unspecified atom stereocenters. The van der Waals surface area contributed by atoms with Crippen LogP contribution in [0, 0.1) is 21.7 Å². The van der Waals surface area contributed by atoms with Crippen molar-refractivity contribution in [2.24, 2.45) is 21.7 Å². The van der Waals surface area contributed by atoms with Crippen LogP contribution >= 0.6 is 0 Å². The molecule has 4 aliphatic carbocycles. The molecule has 3 heteroatoms. The highest BCUT2D eigenvalue weighted by Gasteiger charge is 2.45. The molecule has 2 aromatic rings. The van der Waals surface area contributed by atoms with Crippen LogP contribution in [0.4, 0.5) is 0 Å². The van der Waals surface area contributed by atoms with Gasteiger partial charge in [-0.3, -0.25) is 14.4 Å². The van der Waals surface area contributed by atoms with Crippen molar-refractivity contribution in [1.82, 2.24) is 0 Å². The Balaban J connectivity index is 1.82. The maximum Gasteiger partial charge on any atom is 0.194 e. The lowest BCUT2D eigenvalue weighted by Crippen LogP contribution is -2.28. The number of fused-ring (bicyclic) bond motifs is 2. The topological polar surface area (TPSA) is 51.2 Å². The summed E-state index contributed by atoms with van der Waals surface area (Å²) in [4.78, 5) is 41.8. The van der Waals surface area contributed by atoms with Crippen molar-refractivity contribution in [3.63, 3.8) is 0 Å². The first-order chi connectivity index (χ1) is 22.1. The maximum atomic E-state index is 14.0. The summed E-state index contributed by atoms with van der Waals surface area (Å²) >= 11 is 0. The molecule has 0 radical (unpaired) electrons. The largest absolute Gasteiger partial charge is 0.289 e. The smallest absolute Gasteiger partial charge is 0.194 e. The fourth-order valence-corrected chi connectivity index (χ4v) is 7.15. The Labute approximate surface area is 286 Å². The highest BCUT2D eigenvalue weighted by Crippen LogP contribution is 2.59. The van der Waals surface area contributed by atoms with E-state index >= 15 is 0 Å². The van der Waals surface area contributed by atoms with E-state index in [1.54, 1.807) is 0 Å². The summed E-state index contributed by atoms with van der Waals surface area (Å²) in [5.41, 5.74) is 11.1. The average Bonchev–Trinajstić information content (AvgIpc) is 3.70. The van der Waals surface area contributed by atoms with Gasteiger partial charge in [0.15, 0.2) is 17.3 Å². The molecule has 0 saturated heterocycles. The molecule has 1 fully saturated rings. The SMILES string of the molecule is CC(C)(C)C1=CC(=C2C(=C3C=C(C(C)(C)C)C(=O)C(C(C)(C)C)=C3)C2=C2c3ccccc3C(=O)c3ccccc32)C=C(C(C)(C)C)C1=O. The van der Waals surface area contributed by atoms with Crippen molar-refractivity contribution in [3.8, 4) is 0 Å². The average molecular weight is 637 g/mol. The van der Waals surface area contributed by atoms with E-state index in [0.717, 1.165) is 66.9 Å². The number of hydrogen-bond acceptors (Lipinski definition) is 3. The van der Waals surface area contributed by atoms with E-state index in [0.29, 0.717) is 11.1 Å². The number of carbonyl (C=O) groups is 3. The molecule has 0 atom stereocenters. The number of ketones is 3. The molecule has 4 aliphatic rings. The van der Waals surface area contributed by atoms with Gasteiger partial charge >= 0.3 is 0 Å². The zero-order chi connectivity index (χ0) is 35.3. The number of carbonyl (C=O) groups excluding carboxylic acids is 3. The standard InChI is InChI=1S/C45H48O3/c1-42(2,3)31-21-25(22-32(40(31)47)43(4,5)6)35-36(26-23-33(44(7,8)9)41(48)34(24-26)45(10,11)12)38(35)37-27-17-13-15-19-29(27)39(46)30-20-16-14-18-28(30)37/h13-24H,1-12H3. The third-order valence-corrected chi connectivity index (χ3v) is 9.81. The zero-order valence-corrected chi connectivity index (χ0v) is 30.7. The minimum atomic E-state index is -0.366. The molecule has 0 spiro atoms. The maximum absolute atomic E-state index is 14.0. The van der Waals surface area contributed by atoms with Crippen LogP contribution in [0.1, 0.15) is 110 Å². The Bertz CT molecular complexity index is 1850. The Morgan fingerprint density at radius 1 is 0.333 bits per heavy atom. The van der Waals surface area contributed by atoms with Crippen LogP contribution in [0.15, 0.2) is 123 Å². The summed E-state index contributed by atoms with van der Waals surface area (Å²) < 4.78 is 0. The molecular formula is C45H48O3. The molecule has 0 aromatic heterocycles. The van der Waals surface area contributed by atoms with E-state index in [4.69, 9.17) is 0 Å². The van der Waals surface area contributed by atoms with E-state index in [-0.39, 0.29) is 39.0 Å². The van der Waals surface area contributed by atoms with Crippen LogP contribution in [0.3, 0.4) is 0 Å². The molecule has 2 aromatic carbocycles. The molecule has 6 rings (SSSR count). The van der Waals surface area contributed by atoms with Gasteiger partial charge in [0.1, 0.15) is 0 Å². The molecule has 48 heavy (non-hydrogen) atoms.